The van der Waals surface area contributed by atoms with Gasteiger partial charge in [0.25, 0.3) is 11.6 Å². The largest absolute Gasteiger partial charge is 0.368 e. The summed E-state index contributed by atoms with van der Waals surface area (Å²) in [5, 5.41) is 16.6. The van der Waals surface area contributed by atoms with Crippen molar-refractivity contribution >= 4 is 46.2 Å². The number of hydrogen-bond donors (Lipinski definition) is 2. The molecular formula is C23H27N5O4S. The predicted octanol–water partition coefficient (Wildman–Crippen LogP) is 3.48. The molecule has 10 heteroatoms. The molecule has 0 aliphatic carbocycles. The summed E-state index contributed by atoms with van der Waals surface area (Å²) in [6.45, 7) is 6.60. The molecule has 2 N–H and O–H groups in total. The number of carbonyl (C=O) groups is 2. The zero-order valence-corrected chi connectivity index (χ0v) is 19.5. The first-order valence-corrected chi connectivity index (χ1v) is 11.2. The maximum atomic E-state index is 12.4. The van der Waals surface area contributed by atoms with Gasteiger partial charge in [0.1, 0.15) is 0 Å². The Labute approximate surface area is 197 Å². The second-order valence-electron chi connectivity index (χ2n) is 7.83. The number of amides is 2. The summed E-state index contributed by atoms with van der Waals surface area (Å²) in [6.07, 6.45) is 1.46. The first kappa shape index (κ1) is 24.1. The zero-order valence-electron chi connectivity index (χ0n) is 18.7. The van der Waals surface area contributed by atoms with Gasteiger partial charge < -0.3 is 15.1 Å². The number of aryl methyl sites for hydroxylation is 1. The highest BCUT2D eigenvalue weighted by Crippen LogP contribution is 2.21. The van der Waals surface area contributed by atoms with Crippen molar-refractivity contribution in [1.82, 2.24) is 10.2 Å². The van der Waals surface area contributed by atoms with Gasteiger partial charge in [0.05, 0.1) is 4.92 Å². The molecule has 1 heterocycles. The summed E-state index contributed by atoms with van der Waals surface area (Å²) >= 11 is 5.23. The second-order valence-corrected chi connectivity index (χ2v) is 8.24. The molecule has 2 aromatic rings. The quantitative estimate of drug-likeness (QED) is 0.379. The minimum absolute atomic E-state index is 0.0405. The van der Waals surface area contributed by atoms with Crippen molar-refractivity contribution in [2.45, 2.75) is 26.7 Å². The molecule has 1 fully saturated rings. The van der Waals surface area contributed by atoms with Gasteiger partial charge in [-0.25, -0.2) is 0 Å². The highest BCUT2D eigenvalue weighted by molar-refractivity contribution is 7.80. The van der Waals surface area contributed by atoms with Crippen LogP contribution in [-0.4, -0.2) is 52.9 Å². The van der Waals surface area contributed by atoms with E-state index < -0.39 is 10.8 Å². The van der Waals surface area contributed by atoms with E-state index in [1.165, 1.54) is 18.2 Å². The second kappa shape index (κ2) is 10.9. The lowest BCUT2D eigenvalue weighted by atomic mass is 10.1. The van der Waals surface area contributed by atoms with Crippen LogP contribution in [0.1, 0.15) is 35.7 Å². The van der Waals surface area contributed by atoms with Gasteiger partial charge in [0, 0.05) is 61.2 Å². The Morgan fingerprint density at radius 1 is 1.09 bits per heavy atom. The van der Waals surface area contributed by atoms with Crippen LogP contribution in [-0.2, 0) is 4.79 Å². The fourth-order valence-electron chi connectivity index (χ4n) is 3.68. The number of carbonyl (C=O) groups excluding carboxylic acids is 2. The van der Waals surface area contributed by atoms with Crippen LogP contribution >= 0.6 is 12.2 Å². The number of nitrogens with zero attached hydrogens (tertiary/aromatic N) is 3. The summed E-state index contributed by atoms with van der Waals surface area (Å²) in [4.78, 5) is 39.1. The molecule has 0 bridgehead atoms. The van der Waals surface area contributed by atoms with E-state index >= 15 is 0 Å². The molecule has 174 valence electrons. The Kier molecular flexibility index (Phi) is 7.94. The van der Waals surface area contributed by atoms with Crippen molar-refractivity contribution < 1.29 is 14.5 Å². The first-order chi connectivity index (χ1) is 15.8. The van der Waals surface area contributed by atoms with Crippen LogP contribution in [0.3, 0.4) is 0 Å². The van der Waals surface area contributed by atoms with Gasteiger partial charge in [-0.05, 0) is 62.0 Å². The number of rotatable bonds is 6. The van der Waals surface area contributed by atoms with Crippen LogP contribution in [0.15, 0.2) is 42.5 Å². The summed E-state index contributed by atoms with van der Waals surface area (Å²) in [6, 6.07) is 11.8. The Bertz CT molecular complexity index is 1050. The standard InChI is InChI=1S/C23H27N5O4S/c1-3-4-21(29)27-13-11-26(12-14-27)19-8-6-18(7-9-19)24-23(33)25-22(30)17-5-10-20(28(31)32)16(2)15-17/h5-10,15H,3-4,11-14H2,1-2H3,(H2,24,25,30,33). The first-order valence-electron chi connectivity index (χ1n) is 10.8. The molecule has 0 spiro atoms. The van der Waals surface area contributed by atoms with Crippen molar-refractivity contribution in [3.05, 3.63) is 63.7 Å². The number of nitro benzene ring substituents is 1. The van der Waals surface area contributed by atoms with Crippen molar-refractivity contribution in [2.24, 2.45) is 0 Å². The van der Waals surface area contributed by atoms with Crippen molar-refractivity contribution in [3.63, 3.8) is 0 Å². The third kappa shape index (κ3) is 6.26. The molecule has 0 atom stereocenters. The molecule has 1 saturated heterocycles. The molecule has 3 rings (SSSR count). The maximum Gasteiger partial charge on any atom is 0.272 e. The molecule has 2 amide bonds. The third-order valence-electron chi connectivity index (χ3n) is 5.47. The third-order valence-corrected chi connectivity index (χ3v) is 5.67. The number of anilines is 2. The van der Waals surface area contributed by atoms with Crippen LogP contribution in [0.4, 0.5) is 17.1 Å². The summed E-state index contributed by atoms with van der Waals surface area (Å²) in [5.74, 6) is -0.228. The van der Waals surface area contributed by atoms with Gasteiger partial charge in [-0.2, -0.15) is 0 Å². The van der Waals surface area contributed by atoms with Gasteiger partial charge in [0.2, 0.25) is 5.91 Å². The SMILES string of the molecule is CCCC(=O)N1CCN(c2ccc(NC(=S)NC(=O)c3ccc([N+](=O)[O-])c(C)c3)cc2)CC1. The average molecular weight is 470 g/mol. The molecule has 0 unspecified atom stereocenters. The Morgan fingerprint density at radius 2 is 1.76 bits per heavy atom. The highest BCUT2D eigenvalue weighted by Gasteiger charge is 2.20. The van der Waals surface area contributed by atoms with Gasteiger partial charge in [-0.3, -0.25) is 25.0 Å². The highest BCUT2D eigenvalue weighted by atomic mass is 32.1. The van der Waals surface area contributed by atoms with E-state index in [0.717, 1.165) is 44.0 Å². The molecule has 33 heavy (non-hydrogen) atoms. The molecule has 1 aliphatic rings. The van der Waals surface area contributed by atoms with E-state index in [0.29, 0.717) is 12.0 Å². The van der Waals surface area contributed by atoms with Crippen molar-refractivity contribution in [2.75, 3.05) is 36.4 Å². The molecule has 1 aliphatic heterocycles. The van der Waals surface area contributed by atoms with Crippen LogP contribution in [0, 0.1) is 17.0 Å². The lowest BCUT2D eigenvalue weighted by molar-refractivity contribution is -0.385. The number of nitrogens with one attached hydrogen (secondary N) is 2. The van der Waals surface area contributed by atoms with Gasteiger partial charge in [-0.15, -0.1) is 0 Å². The van der Waals surface area contributed by atoms with E-state index in [4.69, 9.17) is 12.2 Å². The van der Waals surface area contributed by atoms with Gasteiger partial charge in [0.15, 0.2) is 5.11 Å². The van der Waals surface area contributed by atoms with Gasteiger partial charge in [-0.1, -0.05) is 6.92 Å². The minimum Gasteiger partial charge on any atom is -0.368 e. The summed E-state index contributed by atoms with van der Waals surface area (Å²) in [7, 11) is 0. The van der Waals surface area contributed by atoms with Crippen LogP contribution in [0.5, 0.6) is 0 Å². The fraction of sp³-hybridized carbons (Fsp3) is 0.348. The average Bonchev–Trinajstić information content (AvgIpc) is 2.79. The fourth-order valence-corrected chi connectivity index (χ4v) is 3.89. The molecule has 2 aromatic carbocycles. The monoisotopic (exact) mass is 469 g/mol. The van der Waals surface area contributed by atoms with Gasteiger partial charge >= 0.3 is 0 Å². The normalized spacial score (nSPS) is 13.4. The van der Waals surface area contributed by atoms with Crippen molar-refractivity contribution in [1.29, 1.82) is 0 Å². The van der Waals surface area contributed by atoms with E-state index in [2.05, 4.69) is 15.5 Å². The number of benzene rings is 2. The molecule has 0 saturated carbocycles. The Balaban J connectivity index is 1.52. The molecule has 9 nitrogen and oxygen atoms in total. The molecule has 0 radical (unpaired) electrons. The van der Waals surface area contributed by atoms with E-state index in [-0.39, 0.29) is 22.3 Å². The number of nitro groups is 1. The van der Waals surface area contributed by atoms with E-state index in [1.807, 2.05) is 36.1 Å². The topological polar surface area (TPSA) is 108 Å². The maximum absolute atomic E-state index is 12.4. The lowest BCUT2D eigenvalue weighted by Gasteiger charge is -2.36. The van der Waals surface area contributed by atoms with E-state index in [1.54, 1.807) is 6.92 Å². The minimum atomic E-state index is -0.487. The zero-order chi connectivity index (χ0) is 24.0. The van der Waals surface area contributed by atoms with E-state index in [9.17, 15) is 19.7 Å². The van der Waals surface area contributed by atoms with Crippen molar-refractivity contribution in [3.8, 4) is 0 Å². The predicted molar refractivity (Wildman–Crippen MR) is 132 cm³/mol. The number of hydrogen-bond acceptors (Lipinski definition) is 6. The Morgan fingerprint density at radius 3 is 2.33 bits per heavy atom. The Hall–Kier alpha value is -3.53. The number of thiocarbonyl (C=S) groups is 1. The number of piperazine rings is 1. The smallest absolute Gasteiger partial charge is 0.272 e. The molecule has 0 aromatic heterocycles. The molecular weight excluding hydrogens is 442 g/mol. The van der Waals surface area contributed by atoms with Crippen LogP contribution in [0.25, 0.3) is 0 Å². The summed E-state index contributed by atoms with van der Waals surface area (Å²) < 4.78 is 0. The lowest BCUT2D eigenvalue weighted by Crippen LogP contribution is -2.48. The van der Waals surface area contributed by atoms with Crippen LogP contribution < -0.4 is 15.5 Å². The summed E-state index contributed by atoms with van der Waals surface area (Å²) in [5.41, 5.74) is 2.42. The van der Waals surface area contributed by atoms with Crippen LogP contribution in [0.2, 0.25) is 0 Å².